The zero-order valence-electron chi connectivity index (χ0n) is 12.7. The van der Waals surface area contributed by atoms with Crippen LogP contribution in [0, 0.1) is 0 Å². The van der Waals surface area contributed by atoms with Crippen molar-refractivity contribution >= 4 is 27.5 Å². The zero-order chi connectivity index (χ0) is 15.4. The summed E-state index contributed by atoms with van der Waals surface area (Å²) in [4.78, 5) is 12.3. The van der Waals surface area contributed by atoms with Crippen LogP contribution in [0.1, 0.15) is 49.2 Å². The van der Waals surface area contributed by atoms with Crippen LogP contribution in [0.5, 0.6) is 0 Å². The maximum Gasteiger partial charge on any atom is 0.272 e. The van der Waals surface area contributed by atoms with Crippen LogP contribution in [0.15, 0.2) is 41.0 Å². The van der Waals surface area contributed by atoms with Crippen molar-refractivity contribution in [1.29, 1.82) is 0 Å². The lowest BCUT2D eigenvalue weighted by Crippen LogP contribution is -2.16. The van der Waals surface area contributed by atoms with E-state index in [1.165, 1.54) is 5.56 Å². The SMILES string of the molecule is CCC(C)c1ccc(NC(=O)c2cc(Br)cn2CC)cc1. The summed E-state index contributed by atoms with van der Waals surface area (Å²) in [7, 11) is 0. The van der Waals surface area contributed by atoms with Gasteiger partial charge in [0.2, 0.25) is 0 Å². The van der Waals surface area contributed by atoms with E-state index in [0.717, 1.165) is 23.1 Å². The second-order valence-electron chi connectivity index (χ2n) is 5.22. The molecule has 0 fully saturated rings. The monoisotopic (exact) mass is 348 g/mol. The summed E-state index contributed by atoms with van der Waals surface area (Å²) in [5, 5.41) is 2.95. The maximum atomic E-state index is 12.3. The number of hydrogen-bond donors (Lipinski definition) is 1. The summed E-state index contributed by atoms with van der Waals surface area (Å²) in [5.41, 5.74) is 2.79. The third-order valence-corrected chi connectivity index (χ3v) is 4.22. The summed E-state index contributed by atoms with van der Waals surface area (Å²) in [6, 6.07) is 9.94. The lowest BCUT2D eigenvalue weighted by atomic mass is 9.99. The van der Waals surface area contributed by atoms with E-state index in [0.29, 0.717) is 11.6 Å². The van der Waals surface area contributed by atoms with E-state index in [9.17, 15) is 4.79 Å². The first-order chi connectivity index (χ1) is 10.0. The second-order valence-corrected chi connectivity index (χ2v) is 6.13. The van der Waals surface area contributed by atoms with Crippen molar-refractivity contribution in [3.63, 3.8) is 0 Å². The molecule has 2 rings (SSSR count). The Kier molecular flexibility index (Phi) is 5.23. The van der Waals surface area contributed by atoms with Crippen LogP contribution in [0.3, 0.4) is 0 Å². The van der Waals surface area contributed by atoms with Crippen LogP contribution < -0.4 is 5.32 Å². The average Bonchev–Trinajstić information content (AvgIpc) is 2.88. The van der Waals surface area contributed by atoms with E-state index in [-0.39, 0.29) is 5.91 Å². The molecule has 3 nitrogen and oxygen atoms in total. The Labute approximate surface area is 134 Å². The summed E-state index contributed by atoms with van der Waals surface area (Å²) < 4.78 is 2.84. The molecule has 0 aliphatic carbocycles. The van der Waals surface area contributed by atoms with Gasteiger partial charge in [0.1, 0.15) is 5.69 Å². The number of carbonyl (C=O) groups excluding carboxylic acids is 1. The molecule has 21 heavy (non-hydrogen) atoms. The normalized spacial score (nSPS) is 12.2. The van der Waals surface area contributed by atoms with Crippen LogP contribution in [0.2, 0.25) is 0 Å². The van der Waals surface area contributed by atoms with E-state index in [1.807, 2.05) is 35.9 Å². The largest absolute Gasteiger partial charge is 0.343 e. The fourth-order valence-electron chi connectivity index (χ4n) is 2.25. The zero-order valence-corrected chi connectivity index (χ0v) is 14.3. The van der Waals surface area contributed by atoms with Crippen LogP contribution in [-0.2, 0) is 6.54 Å². The Balaban J connectivity index is 2.12. The van der Waals surface area contributed by atoms with Crippen molar-refractivity contribution in [2.75, 3.05) is 5.32 Å². The molecule has 1 N–H and O–H groups in total. The van der Waals surface area contributed by atoms with Crippen molar-refractivity contribution in [1.82, 2.24) is 4.57 Å². The molecule has 0 radical (unpaired) electrons. The molecule has 1 atom stereocenters. The Hall–Kier alpha value is -1.55. The quantitative estimate of drug-likeness (QED) is 0.807. The predicted octanol–water partition coefficient (Wildman–Crippen LogP) is 5.04. The van der Waals surface area contributed by atoms with Crippen molar-refractivity contribution in [2.24, 2.45) is 0 Å². The highest BCUT2D eigenvalue weighted by Crippen LogP contribution is 2.21. The molecule has 0 saturated heterocycles. The Morgan fingerprint density at radius 2 is 1.95 bits per heavy atom. The highest BCUT2D eigenvalue weighted by molar-refractivity contribution is 9.10. The van der Waals surface area contributed by atoms with E-state index in [2.05, 4.69) is 47.2 Å². The van der Waals surface area contributed by atoms with Gasteiger partial charge >= 0.3 is 0 Å². The first kappa shape index (κ1) is 15.8. The Morgan fingerprint density at radius 1 is 1.29 bits per heavy atom. The number of hydrogen-bond acceptors (Lipinski definition) is 1. The molecule has 0 bridgehead atoms. The molecule has 1 aromatic carbocycles. The molecular formula is C17H21BrN2O. The minimum absolute atomic E-state index is 0.0844. The van der Waals surface area contributed by atoms with Gasteiger partial charge in [-0.1, -0.05) is 26.0 Å². The molecule has 2 aromatic rings. The van der Waals surface area contributed by atoms with Gasteiger partial charge in [-0.3, -0.25) is 4.79 Å². The van der Waals surface area contributed by atoms with Gasteiger partial charge in [0.15, 0.2) is 0 Å². The lowest BCUT2D eigenvalue weighted by molar-refractivity contribution is 0.101. The minimum Gasteiger partial charge on any atom is -0.343 e. The number of benzene rings is 1. The number of aromatic nitrogens is 1. The van der Waals surface area contributed by atoms with Gasteiger partial charge in [-0.05, 0) is 59.0 Å². The first-order valence-corrected chi connectivity index (χ1v) is 8.11. The molecule has 1 heterocycles. The molecule has 1 amide bonds. The van der Waals surface area contributed by atoms with Crippen molar-refractivity contribution in [3.8, 4) is 0 Å². The number of carbonyl (C=O) groups is 1. The fraction of sp³-hybridized carbons (Fsp3) is 0.353. The van der Waals surface area contributed by atoms with Crippen LogP contribution in [0.25, 0.3) is 0 Å². The smallest absolute Gasteiger partial charge is 0.272 e. The third kappa shape index (κ3) is 3.76. The molecule has 4 heteroatoms. The molecule has 0 aliphatic heterocycles. The number of amides is 1. The Bertz CT molecular complexity index is 616. The van der Waals surface area contributed by atoms with E-state index < -0.39 is 0 Å². The van der Waals surface area contributed by atoms with Crippen LogP contribution in [0.4, 0.5) is 5.69 Å². The van der Waals surface area contributed by atoms with Gasteiger partial charge < -0.3 is 9.88 Å². The van der Waals surface area contributed by atoms with Gasteiger partial charge in [-0.25, -0.2) is 0 Å². The molecule has 112 valence electrons. The Morgan fingerprint density at radius 3 is 2.52 bits per heavy atom. The standard InChI is InChI=1S/C17H21BrN2O/c1-4-12(3)13-6-8-15(9-7-13)19-17(21)16-10-14(18)11-20(16)5-2/h6-12H,4-5H2,1-3H3,(H,19,21). The molecule has 0 spiro atoms. The number of anilines is 1. The number of aryl methyl sites for hydroxylation is 1. The van der Waals surface area contributed by atoms with Crippen LogP contribution in [-0.4, -0.2) is 10.5 Å². The maximum absolute atomic E-state index is 12.3. The second kappa shape index (κ2) is 6.94. The number of rotatable bonds is 5. The summed E-state index contributed by atoms with van der Waals surface area (Å²) in [6.45, 7) is 7.17. The van der Waals surface area contributed by atoms with Gasteiger partial charge in [-0.2, -0.15) is 0 Å². The number of halogens is 1. The summed E-state index contributed by atoms with van der Waals surface area (Å²) in [6.07, 6.45) is 3.03. The minimum atomic E-state index is -0.0844. The molecule has 1 unspecified atom stereocenters. The number of nitrogens with zero attached hydrogens (tertiary/aromatic N) is 1. The van der Waals surface area contributed by atoms with Crippen molar-refractivity contribution in [3.05, 3.63) is 52.3 Å². The molecule has 1 aromatic heterocycles. The van der Waals surface area contributed by atoms with Crippen molar-refractivity contribution in [2.45, 2.75) is 39.7 Å². The van der Waals surface area contributed by atoms with E-state index in [1.54, 1.807) is 0 Å². The summed E-state index contributed by atoms with van der Waals surface area (Å²) in [5.74, 6) is 0.460. The number of nitrogens with one attached hydrogen (secondary N) is 1. The van der Waals surface area contributed by atoms with Crippen molar-refractivity contribution < 1.29 is 4.79 Å². The van der Waals surface area contributed by atoms with Gasteiger partial charge in [0.05, 0.1) is 0 Å². The lowest BCUT2D eigenvalue weighted by Gasteiger charge is -2.11. The highest BCUT2D eigenvalue weighted by Gasteiger charge is 2.12. The molecule has 0 aliphatic rings. The first-order valence-electron chi connectivity index (χ1n) is 7.32. The third-order valence-electron chi connectivity index (χ3n) is 3.79. The van der Waals surface area contributed by atoms with Gasteiger partial charge in [0.25, 0.3) is 5.91 Å². The predicted molar refractivity (Wildman–Crippen MR) is 90.9 cm³/mol. The van der Waals surface area contributed by atoms with Gasteiger partial charge in [-0.15, -0.1) is 0 Å². The van der Waals surface area contributed by atoms with E-state index in [4.69, 9.17) is 0 Å². The average molecular weight is 349 g/mol. The molecular weight excluding hydrogens is 328 g/mol. The summed E-state index contributed by atoms with van der Waals surface area (Å²) >= 11 is 3.41. The molecule has 0 saturated carbocycles. The van der Waals surface area contributed by atoms with Gasteiger partial charge in [0, 0.05) is 22.9 Å². The topological polar surface area (TPSA) is 34.0 Å². The highest BCUT2D eigenvalue weighted by atomic mass is 79.9. The van der Waals surface area contributed by atoms with Crippen LogP contribution >= 0.6 is 15.9 Å². The fourth-order valence-corrected chi connectivity index (χ4v) is 2.72. The van der Waals surface area contributed by atoms with E-state index >= 15 is 0 Å².